The number of thioether (sulfide) groups is 1. The maximum atomic E-state index is 12.4. The number of rotatable bonds is 3. The van der Waals surface area contributed by atoms with Crippen molar-refractivity contribution in [3.63, 3.8) is 0 Å². The van der Waals surface area contributed by atoms with E-state index >= 15 is 0 Å². The summed E-state index contributed by atoms with van der Waals surface area (Å²) in [5.74, 6) is 0.0844. The Morgan fingerprint density at radius 3 is 2.71 bits per heavy atom. The van der Waals surface area contributed by atoms with Crippen LogP contribution in [0.4, 0.5) is 0 Å². The van der Waals surface area contributed by atoms with Crippen LogP contribution in [0, 0.1) is 6.92 Å². The highest BCUT2D eigenvalue weighted by molar-refractivity contribution is 8.08. The Morgan fingerprint density at radius 1 is 1.33 bits per heavy atom. The van der Waals surface area contributed by atoms with Crippen LogP contribution in [0.25, 0.3) is 4.91 Å². The van der Waals surface area contributed by atoms with Gasteiger partial charge in [-0.3, -0.25) is 0 Å². The van der Waals surface area contributed by atoms with E-state index in [1.54, 1.807) is 38.1 Å². The molecule has 124 valence electrons. The van der Waals surface area contributed by atoms with Gasteiger partial charge in [-0.2, -0.15) is 4.68 Å². The van der Waals surface area contributed by atoms with Gasteiger partial charge in [-0.05, 0) is 43.3 Å². The molecule has 0 fully saturated rings. The summed E-state index contributed by atoms with van der Waals surface area (Å²) in [6.45, 7) is 3.72. The Hall–Kier alpha value is -2.32. The normalized spacial score (nSPS) is 14.0. The number of carbonyl (C=O) groups is 1. The summed E-state index contributed by atoms with van der Waals surface area (Å²) in [7, 11) is 0. The minimum Gasteiger partial charge on any atom is -0.462 e. The van der Waals surface area contributed by atoms with Gasteiger partial charge in [-0.25, -0.2) is 4.79 Å². The SMILES string of the molecule is CCOC(=O)C1=C(c2ccc(Cl)cc2)Sc2nnc(C)n2N=C1N. The number of nitrogens with zero attached hydrogens (tertiary/aromatic N) is 4. The molecular weight excluding hydrogens is 350 g/mol. The van der Waals surface area contributed by atoms with Gasteiger partial charge in [-0.1, -0.05) is 23.7 Å². The van der Waals surface area contributed by atoms with Gasteiger partial charge in [0.05, 0.1) is 6.61 Å². The third-order valence-corrected chi connectivity index (χ3v) is 4.57. The molecule has 0 unspecified atom stereocenters. The van der Waals surface area contributed by atoms with Gasteiger partial charge in [0.15, 0.2) is 11.7 Å². The number of nitrogens with two attached hydrogens (primary N) is 1. The molecule has 2 N–H and O–H groups in total. The molecule has 7 nitrogen and oxygen atoms in total. The molecule has 2 heterocycles. The minimum atomic E-state index is -0.535. The molecular formula is C15H14ClN5O2S. The molecule has 1 aliphatic heterocycles. The number of halogens is 1. The van der Waals surface area contributed by atoms with Gasteiger partial charge in [0.2, 0.25) is 5.16 Å². The summed E-state index contributed by atoms with van der Waals surface area (Å²) in [5, 5.41) is 13.4. The van der Waals surface area contributed by atoms with Crippen LogP contribution in [0.5, 0.6) is 0 Å². The van der Waals surface area contributed by atoms with Gasteiger partial charge in [0, 0.05) is 9.93 Å². The van der Waals surface area contributed by atoms with Gasteiger partial charge in [-0.15, -0.1) is 15.3 Å². The van der Waals surface area contributed by atoms with E-state index in [0.29, 0.717) is 20.9 Å². The van der Waals surface area contributed by atoms with Crippen LogP contribution < -0.4 is 5.73 Å². The van der Waals surface area contributed by atoms with E-state index in [1.807, 2.05) is 0 Å². The largest absolute Gasteiger partial charge is 0.462 e. The van der Waals surface area contributed by atoms with Crippen molar-refractivity contribution < 1.29 is 9.53 Å². The molecule has 2 aromatic rings. The van der Waals surface area contributed by atoms with E-state index in [1.165, 1.54) is 16.4 Å². The Kier molecular flexibility index (Phi) is 4.59. The van der Waals surface area contributed by atoms with Crippen LogP contribution in [0.1, 0.15) is 18.3 Å². The molecule has 1 aromatic heterocycles. The Labute approximate surface area is 147 Å². The number of fused-ring (bicyclic) bond motifs is 1. The van der Waals surface area contributed by atoms with Crippen LogP contribution in [0.2, 0.25) is 5.02 Å². The number of amidine groups is 1. The van der Waals surface area contributed by atoms with E-state index < -0.39 is 5.97 Å². The predicted molar refractivity (Wildman–Crippen MR) is 92.6 cm³/mol. The van der Waals surface area contributed by atoms with Crippen LogP contribution in [0.3, 0.4) is 0 Å². The lowest BCUT2D eigenvalue weighted by Gasteiger charge is -2.11. The Morgan fingerprint density at radius 2 is 2.04 bits per heavy atom. The first-order chi connectivity index (χ1) is 11.5. The van der Waals surface area contributed by atoms with Crippen molar-refractivity contribution in [2.45, 2.75) is 19.0 Å². The molecule has 0 atom stereocenters. The fourth-order valence-corrected chi connectivity index (χ4v) is 3.33. The number of aryl methyl sites for hydroxylation is 1. The van der Waals surface area contributed by atoms with Crippen LogP contribution in [-0.2, 0) is 9.53 Å². The number of benzene rings is 1. The van der Waals surface area contributed by atoms with Crippen molar-refractivity contribution in [1.82, 2.24) is 14.9 Å². The summed E-state index contributed by atoms with van der Waals surface area (Å²) < 4.78 is 6.65. The standard InChI is InChI=1S/C15H14ClN5O2S/c1-3-23-14(22)11-12(9-4-6-10(16)7-5-9)24-15-19-18-8(2)21(15)20-13(11)17/h4-7H,3H2,1-2H3,(H2,17,20). The van der Waals surface area contributed by atoms with E-state index in [4.69, 9.17) is 22.1 Å². The zero-order valence-corrected chi connectivity index (χ0v) is 14.6. The fraction of sp³-hybridized carbons (Fsp3) is 0.200. The van der Waals surface area contributed by atoms with Crippen molar-refractivity contribution in [2.24, 2.45) is 10.8 Å². The highest BCUT2D eigenvalue weighted by Crippen LogP contribution is 2.38. The average molecular weight is 364 g/mol. The maximum Gasteiger partial charge on any atom is 0.343 e. The first kappa shape index (κ1) is 16.5. The highest BCUT2D eigenvalue weighted by Gasteiger charge is 2.28. The summed E-state index contributed by atoms with van der Waals surface area (Å²) >= 11 is 7.21. The second kappa shape index (κ2) is 6.66. The van der Waals surface area contributed by atoms with Crippen molar-refractivity contribution in [3.8, 4) is 0 Å². The maximum absolute atomic E-state index is 12.4. The Balaban J connectivity index is 2.20. The molecule has 0 spiro atoms. The molecule has 0 bridgehead atoms. The fourth-order valence-electron chi connectivity index (χ4n) is 2.14. The molecule has 1 aliphatic rings. The molecule has 24 heavy (non-hydrogen) atoms. The quantitative estimate of drug-likeness (QED) is 0.841. The second-order valence-corrected chi connectivity index (χ2v) is 6.27. The molecule has 1 aromatic carbocycles. The first-order valence-electron chi connectivity index (χ1n) is 7.13. The van der Waals surface area contributed by atoms with Gasteiger partial charge < -0.3 is 10.5 Å². The van der Waals surface area contributed by atoms with Crippen molar-refractivity contribution in [1.29, 1.82) is 0 Å². The van der Waals surface area contributed by atoms with Crippen LogP contribution >= 0.6 is 23.4 Å². The lowest BCUT2D eigenvalue weighted by molar-refractivity contribution is -0.137. The molecule has 3 rings (SSSR count). The molecule has 0 radical (unpaired) electrons. The summed E-state index contributed by atoms with van der Waals surface area (Å²) in [6, 6.07) is 7.08. The molecule has 9 heteroatoms. The van der Waals surface area contributed by atoms with Gasteiger partial charge in [0.1, 0.15) is 5.57 Å². The van der Waals surface area contributed by atoms with Crippen molar-refractivity contribution in [3.05, 3.63) is 46.2 Å². The topological polar surface area (TPSA) is 95.4 Å². The number of carbonyl (C=O) groups excluding carboxylic acids is 1. The number of hydrogen-bond donors (Lipinski definition) is 1. The van der Waals surface area contributed by atoms with Crippen molar-refractivity contribution >= 4 is 40.1 Å². The molecule has 0 aliphatic carbocycles. The Bertz CT molecular complexity index is 857. The summed E-state index contributed by atoms with van der Waals surface area (Å²) in [5.41, 5.74) is 7.05. The molecule has 0 saturated heterocycles. The van der Waals surface area contributed by atoms with Crippen molar-refractivity contribution in [2.75, 3.05) is 6.61 Å². The third-order valence-electron chi connectivity index (χ3n) is 3.24. The second-order valence-electron chi connectivity index (χ2n) is 4.86. The number of ether oxygens (including phenoxy) is 1. The number of esters is 1. The van der Waals surface area contributed by atoms with Gasteiger partial charge >= 0.3 is 5.97 Å². The third kappa shape index (κ3) is 3.02. The van der Waals surface area contributed by atoms with Gasteiger partial charge in [0.25, 0.3) is 0 Å². The monoisotopic (exact) mass is 363 g/mol. The van der Waals surface area contributed by atoms with E-state index in [9.17, 15) is 4.79 Å². The predicted octanol–water partition coefficient (Wildman–Crippen LogP) is 2.44. The lowest BCUT2D eigenvalue weighted by atomic mass is 10.1. The minimum absolute atomic E-state index is 0.0487. The lowest BCUT2D eigenvalue weighted by Crippen LogP contribution is -2.24. The first-order valence-corrected chi connectivity index (χ1v) is 8.32. The zero-order valence-electron chi connectivity index (χ0n) is 13.0. The van der Waals surface area contributed by atoms with Crippen LogP contribution in [-0.4, -0.2) is 33.3 Å². The highest BCUT2D eigenvalue weighted by atomic mass is 35.5. The van der Waals surface area contributed by atoms with Crippen LogP contribution in [0.15, 0.2) is 40.1 Å². The molecule has 0 saturated carbocycles. The molecule has 0 amide bonds. The van der Waals surface area contributed by atoms with E-state index in [0.717, 1.165) is 5.56 Å². The summed E-state index contributed by atoms with van der Waals surface area (Å²) in [6.07, 6.45) is 0. The average Bonchev–Trinajstić information content (AvgIpc) is 2.80. The smallest absolute Gasteiger partial charge is 0.343 e. The zero-order chi connectivity index (χ0) is 17.3. The van der Waals surface area contributed by atoms with E-state index in [-0.39, 0.29) is 18.0 Å². The number of hydrogen-bond acceptors (Lipinski definition) is 7. The van der Waals surface area contributed by atoms with E-state index in [2.05, 4.69) is 15.3 Å². The summed E-state index contributed by atoms with van der Waals surface area (Å²) in [4.78, 5) is 13.0. The number of aromatic nitrogens is 3.